The van der Waals surface area contributed by atoms with Crippen LogP contribution in [0.3, 0.4) is 0 Å². The summed E-state index contributed by atoms with van der Waals surface area (Å²) >= 11 is 3.60. The molecule has 1 saturated heterocycles. The number of anilines is 1. The lowest BCUT2D eigenvalue weighted by Gasteiger charge is -2.29. The van der Waals surface area contributed by atoms with Crippen molar-refractivity contribution in [3.63, 3.8) is 0 Å². The molecule has 4 rings (SSSR count). The van der Waals surface area contributed by atoms with E-state index in [1.807, 2.05) is 11.3 Å². The third-order valence-corrected chi connectivity index (χ3v) is 6.89. The van der Waals surface area contributed by atoms with Crippen molar-refractivity contribution in [2.45, 2.75) is 20.4 Å². The van der Waals surface area contributed by atoms with Gasteiger partial charge >= 0.3 is 0 Å². The summed E-state index contributed by atoms with van der Waals surface area (Å²) in [5, 5.41) is 5.54. The van der Waals surface area contributed by atoms with E-state index in [0.717, 1.165) is 25.3 Å². The molecule has 0 amide bonds. The molecule has 0 unspecified atom stereocenters. The Balaban J connectivity index is 1.58. The molecule has 25 heavy (non-hydrogen) atoms. The third-order valence-electron chi connectivity index (χ3n) is 5.12. The second-order valence-corrected chi connectivity index (χ2v) is 8.78. The summed E-state index contributed by atoms with van der Waals surface area (Å²) in [6.45, 7) is 9.98. The molecule has 0 spiro atoms. The van der Waals surface area contributed by atoms with Crippen LogP contribution >= 0.6 is 22.7 Å². The number of aryl methyl sites for hydroxylation is 1. The lowest BCUT2D eigenvalue weighted by atomic mass is 10.2. The molecule has 0 radical (unpaired) electrons. The van der Waals surface area contributed by atoms with Crippen LogP contribution in [0.5, 0.6) is 0 Å². The Morgan fingerprint density at radius 1 is 1.20 bits per heavy atom. The SMILES string of the molecule is Cc1cc(-c2csc(N3CC[NH+](C)CC3)n2)c(C)n1Cc1cccs1. The highest BCUT2D eigenvalue weighted by molar-refractivity contribution is 7.14. The number of rotatable bonds is 4. The van der Waals surface area contributed by atoms with Gasteiger partial charge in [-0.2, -0.15) is 0 Å². The molecule has 1 N–H and O–H groups in total. The molecular formula is C19H25N4S2+. The number of thiophene rings is 1. The Morgan fingerprint density at radius 2 is 2.00 bits per heavy atom. The highest BCUT2D eigenvalue weighted by atomic mass is 32.1. The Labute approximate surface area is 157 Å². The molecule has 0 atom stereocenters. The van der Waals surface area contributed by atoms with Gasteiger partial charge in [-0.1, -0.05) is 6.07 Å². The number of piperazine rings is 1. The van der Waals surface area contributed by atoms with Crippen LogP contribution in [-0.2, 0) is 6.54 Å². The van der Waals surface area contributed by atoms with Crippen LogP contribution in [0.25, 0.3) is 11.3 Å². The molecule has 4 nitrogen and oxygen atoms in total. The van der Waals surface area contributed by atoms with Crippen molar-refractivity contribution in [3.8, 4) is 11.3 Å². The van der Waals surface area contributed by atoms with Crippen molar-refractivity contribution in [2.75, 3.05) is 38.1 Å². The fourth-order valence-corrected chi connectivity index (χ4v) is 5.05. The predicted octanol–water partition coefficient (Wildman–Crippen LogP) is 2.67. The number of likely N-dealkylation sites (N-methyl/N-ethyl adjacent to an activating group) is 1. The zero-order chi connectivity index (χ0) is 17.4. The number of nitrogens with one attached hydrogen (secondary N) is 1. The first-order valence-electron chi connectivity index (χ1n) is 8.83. The smallest absolute Gasteiger partial charge is 0.186 e. The van der Waals surface area contributed by atoms with Gasteiger partial charge in [-0.3, -0.25) is 0 Å². The minimum absolute atomic E-state index is 0.952. The average Bonchev–Trinajstić information content (AvgIpc) is 3.33. The van der Waals surface area contributed by atoms with Crippen LogP contribution < -0.4 is 9.80 Å². The van der Waals surface area contributed by atoms with Crippen LogP contribution in [0, 0.1) is 13.8 Å². The molecule has 0 saturated carbocycles. The fraction of sp³-hybridized carbons (Fsp3) is 0.421. The van der Waals surface area contributed by atoms with Crippen molar-refractivity contribution >= 4 is 27.8 Å². The number of hydrogen-bond acceptors (Lipinski definition) is 4. The molecular weight excluding hydrogens is 348 g/mol. The highest BCUT2D eigenvalue weighted by Gasteiger charge is 2.21. The summed E-state index contributed by atoms with van der Waals surface area (Å²) in [5.41, 5.74) is 5.01. The van der Waals surface area contributed by atoms with Crippen molar-refractivity contribution in [1.29, 1.82) is 0 Å². The molecule has 4 heterocycles. The van der Waals surface area contributed by atoms with E-state index >= 15 is 0 Å². The second-order valence-electron chi connectivity index (χ2n) is 6.91. The van der Waals surface area contributed by atoms with E-state index in [9.17, 15) is 0 Å². The molecule has 0 aliphatic carbocycles. The molecule has 6 heteroatoms. The number of aromatic nitrogens is 2. The van der Waals surface area contributed by atoms with Crippen LogP contribution in [0.15, 0.2) is 29.0 Å². The molecule has 3 aromatic rings. The van der Waals surface area contributed by atoms with E-state index in [2.05, 4.69) is 59.3 Å². The van der Waals surface area contributed by atoms with Crippen molar-refractivity contribution in [1.82, 2.24) is 9.55 Å². The van der Waals surface area contributed by atoms with Crippen LogP contribution in [0.1, 0.15) is 16.3 Å². The second kappa shape index (κ2) is 6.94. The van der Waals surface area contributed by atoms with E-state index in [1.165, 1.54) is 40.0 Å². The number of thiazole rings is 1. The van der Waals surface area contributed by atoms with Crippen molar-refractivity contribution in [3.05, 3.63) is 45.2 Å². The van der Waals surface area contributed by atoms with Gasteiger partial charge in [-0.05, 0) is 31.4 Å². The van der Waals surface area contributed by atoms with Gasteiger partial charge in [-0.15, -0.1) is 22.7 Å². The van der Waals surface area contributed by atoms with E-state index in [4.69, 9.17) is 4.98 Å². The molecule has 1 aliphatic heterocycles. The first kappa shape index (κ1) is 16.8. The zero-order valence-electron chi connectivity index (χ0n) is 15.1. The number of quaternary nitrogens is 1. The largest absolute Gasteiger partial charge is 0.343 e. The highest BCUT2D eigenvalue weighted by Crippen LogP contribution is 2.32. The summed E-state index contributed by atoms with van der Waals surface area (Å²) in [5.74, 6) is 0. The zero-order valence-corrected chi connectivity index (χ0v) is 16.7. The van der Waals surface area contributed by atoms with Gasteiger partial charge in [0.15, 0.2) is 5.13 Å². The predicted molar refractivity (Wildman–Crippen MR) is 107 cm³/mol. The molecule has 1 fully saturated rings. The average molecular weight is 374 g/mol. The minimum Gasteiger partial charge on any atom is -0.343 e. The van der Waals surface area contributed by atoms with E-state index in [1.54, 1.807) is 16.2 Å². The van der Waals surface area contributed by atoms with Crippen molar-refractivity contribution in [2.24, 2.45) is 0 Å². The first-order chi connectivity index (χ1) is 12.1. The fourth-order valence-electron chi connectivity index (χ4n) is 3.48. The normalized spacial score (nSPS) is 15.9. The first-order valence-corrected chi connectivity index (χ1v) is 10.6. The number of nitrogens with zero attached hydrogens (tertiary/aromatic N) is 3. The summed E-state index contributed by atoms with van der Waals surface area (Å²) in [6.07, 6.45) is 0. The van der Waals surface area contributed by atoms with Crippen molar-refractivity contribution < 1.29 is 4.90 Å². The van der Waals surface area contributed by atoms with Gasteiger partial charge in [0.2, 0.25) is 0 Å². The summed E-state index contributed by atoms with van der Waals surface area (Å²) in [7, 11) is 2.27. The summed E-state index contributed by atoms with van der Waals surface area (Å²) in [4.78, 5) is 10.4. The van der Waals surface area contributed by atoms with Gasteiger partial charge in [-0.25, -0.2) is 4.98 Å². The van der Waals surface area contributed by atoms with Gasteiger partial charge in [0.05, 0.1) is 45.5 Å². The third kappa shape index (κ3) is 3.38. The van der Waals surface area contributed by atoms with Crippen LogP contribution in [-0.4, -0.2) is 42.8 Å². The molecule has 3 aromatic heterocycles. The minimum atomic E-state index is 0.952. The monoisotopic (exact) mass is 373 g/mol. The summed E-state index contributed by atoms with van der Waals surface area (Å²) in [6, 6.07) is 6.62. The lowest BCUT2D eigenvalue weighted by Crippen LogP contribution is -3.12. The summed E-state index contributed by atoms with van der Waals surface area (Å²) < 4.78 is 2.40. The van der Waals surface area contributed by atoms with E-state index in [0.29, 0.717) is 0 Å². The molecule has 132 valence electrons. The van der Waals surface area contributed by atoms with E-state index in [-0.39, 0.29) is 0 Å². The quantitative estimate of drug-likeness (QED) is 0.761. The lowest BCUT2D eigenvalue weighted by molar-refractivity contribution is -0.880. The Hall–Kier alpha value is -1.63. The molecule has 0 bridgehead atoms. The maximum absolute atomic E-state index is 4.97. The Bertz CT molecular complexity index is 839. The van der Waals surface area contributed by atoms with Crippen LogP contribution in [0.4, 0.5) is 5.13 Å². The topological polar surface area (TPSA) is 25.5 Å². The molecule has 1 aliphatic rings. The Kier molecular flexibility index (Phi) is 4.67. The van der Waals surface area contributed by atoms with E-state index < -0.39 is 0 Å². The molecule has 0 aromatic carbocycles. The maximum atomic E-state index is 4.97. The van der Waals surface area contributed by atoms with Gasteiger partial charge < -0.3 is 14.4 Å². The van der Waals surface area contributed by atoms with Gasteiger partial charge in [0, 0.05) is 27.2 Å². The Morgan fingerprint density at radius 3 is 2.72 bits per heavy atom. The van der Waals surface area contributed by atoms with Gasteiger partial charge in [0.1, 0.15) is 0 Å². The van der Waals surface area contributed by atoms with Gasteiger partial charge in [0.25, 0.3) is 0 Å². The standard InChI is InChI=1S/C19H24N4S2/c1-14-11-17(15(2)23(14)12-16-5-4-10-24-16)18-13-25-19(20-18)22-8-6-21(3)7-9-22/h4-5,10-11,13H,6-9,12H2,1-3H3/p+1. The number of hydrogen-bond donors (Lipinski definition) is 1. The van der Waals surface area contributed by atoms with Crippen LogP contribution in [0.2, 0.25) is 0 Å². The maximum Gasteiger partial charge on any atom is 0.186 e.